The van der Waals surface area contributed by atoms with Crippen LogP contribution in [-0.4, -0.2) is 17.7 Å². The molecular formula is C19H32N2O2. The van der Waals surface area contributed by atoms with E-state index in [0.717, 1.165) is 12.1 Å². The first kappa shape index (κ1) is 19.5. The van der Waals surface area contributed by atoms with Crippen molar-refractivity contribution in [3.8, 4) is 0 Å². The van der Waals surface area contributed by atoms with Gasteiger partial charge in [-0.1, -0.05) is 26.0 Å². The second-order valence-corrected chi connectivity index (χ2v) is 7.67. The molecule has 23 heavy (non-hydrogen) atoms. The largest absolute Gasteiger partial charge is 0.444 e. The molecule has 0 saturated carbocycles. The van der Waals surface area contributed by atoms with E-state index in [4.69, 9.17) is 4.74 Å². The van der Waals surface area contributed by atoms with Crippen LogP contribution in [0.3, 0.4) is 0 Å². The molecule has 0 bridgehead atoms. The van der Waals surface area contributed by atoms with Gasteiger partial charge < -0.3 is 10.1 Å². The zero-order chi connectivity index (χ0) is 17.6. The fourth-order valence-corrected chi connectivity index (χ4v) is 2.57. The van der Waals surface area contributed by atoms with E-state index in [9.17, 15) is 4.79 Å². The molecule has 1 aromatic rings. The van der Waals surface area contributed by atoms with Gasteiger partial charge in [-0.15, -0.1) is 0 Å². The van der Waals surface area contributed by atoms with Crippen LogP contribution in [0.2, 0.25) is 0 Å². The highest BCUT2D eigenvalue weighted by molar-refractivity contribution is 5.84. The van der Waals surface area contributed by atoms with Crippen molar-refractivity contribution in [3.63, 3.8) is 0 Å². The van der Waals surface area contributed by atoms with E-state index in [1.807, 2.05) is 45.0 Å². The summed E-state index contributed by atoms with van der Waals surface area (Å²) in [4.78, 5) is 11.7. The number of anilines is 1. The Labute approximate surface area is 141 Å². The first-order chi connectivity index (χ1) is 10.6. The van der Waals surface area contributed by atoms with Crippen LogP contribution in [0.15, 0.2) is 24.3 Å². The molecule has 0 aliphatic heterocycles. The molecule has 1 amide bonds. The van der Waals surface area contributed by atoms with E-state index in [1.54, 1.807) is 0 Å². The van der Waals surface area contributed by atoms with Gasteiger partial charge in [0, 0.05) is 17.8 Å². The van der Waals surface area contributed by atoms with E-state index >= 15 is 0 Å². The smallest absolute Gasteiger partial charge is 0.412 e. The number of hydrogen-bond acceptors (Lipinski definition) is 3. The van der Waals surface area contributed by atoms with E-state index in [1.165, 1.54) is 5.56 Å². The van der Waals surface area contributed by atoms with Crippen LogP contribution < -0.4 is 10.6 Å². The molecule has 2 atom stereocenters. The molecule has 2 unspecified atom stereocenters. The highest BCUT2D eigenvalue weighted by Gasteiger charge is 2.16. The summed E-state index contributed by atoms with van der Waals surface area (Å²) in [5.41, 5.74) is 1.45. The van der Waals surface area contributed by atoms with Gasteiger partial charge in [-0.2, -0.15) is 0 Å². The van der Waals surface area contributed by atoms with Crippen LogP contribution >= 0.6 is 0 Å². The van der Waals surface area contributed by atoms with Gasteiger partial charge in [-0.3, -0.25) is 5.32 Å². The van der Waals surface area contributed by atoms with E-state index in [-0.39, 0.29) is 6.04 Å². The minimum atomic E-state index is -0.491. The first-order valence-electron chi connectivity index (χ1n) is 8.43. The monoisotopic (exact) mass is 320 g/mol. The Bertz CT molecular complexity index is 489. The highest BCUT2D eigenvalue weighted by Crippen LogP contribution is 2.18. The Kier molecular flexibility index (Phi) is 7.07. The molecule has 1 aromatic carbocycles. The fraction of sp³-hybridized carbons (Fsp3) is 0.632. The summed E-state index contributed by atoms with van der Waals surface area (Å²) >= 11 is 0. The number of hydrogen-bond donors (Lipinski definition) is 2. The van der Waals surface area contributed by atoms with Crippen molar-refractivity contribution in [3.05, 3.63) is 29.8 Å². The number of nitrogens with one attached hydrogen (secondary N) is 2. The second kappa shape index (κ2) is 8.34. The Morgan fingerprint density at radius 1 is 1.09 bits per heavy atom. The Morgan fingerprint density at radius 3 is 2.13 bits per heavy atom. The summed E-state index contributed by atoms with van der Waals surface area (Å²) in [6, 6.07) is 8.64. The van der Waals surface area contributed by atoms with Crippen molar-refractivity contribution in [1.29, 1.82) is 0 Å². The van der Waals surface area contributed by atoms with Gasteiger partial charge in [-0.05, 0) is 64.7 Å². The first-order valence-corrected chi connectivity index (χ1v) is 8.43. The minimum absolute atomic E-state index is 0.277. The third kappa shape index (κ3) is 8.03. The van der Waals surface area contributed by atoms with Crippen molar-refractivity contribution in [1.82, 2.24) is 5.32 Å². The molecule has 0 saturated heterocycles. The van der Waals surface area contributed by atoms with Gasteiger partial charge in [-0.25, -0.2) is 4.79 Å². The maximum Gasteiger partial charge on any atom is 0.412 e. The molecule has 4 heteroatoms. The average Bonchev–Trinajstić information content (AvgIpc) is 2.35. The lowest BCUT2D eigenvalue weighted by Crippen LogP contribution is -2.30. The van der Waals surface area contributed by atoms with Crippen LogP contribution in [0.25, 0.3) is 0 Å². The number of amides is 1. The summed E-state index contributed by atoms with van der Waals surface area (Å²) in [6.07, 6.45) is 0.727. The summed E-state index contributed by atoms with van der Waals surface area (Å²) in [6.45, 7) is 14.4. The third-order valence-corrected chi connectivity index (χ3v) is 3.42. The topological polar surface area (TPSA) is 50.4 Å². The minimum Gasteiger partial charge on any atom is -0.444 e. The Hall–Kier alpha value is -1.55. The van der Waals surface area contributed by atoms with Gasteiger partial charge >= 0.3 is 6.09 Å². The molecule has 0 aliphatic carbocycles. The van der Waals surface area contributed by atoms with Crippen LogP contribution in [0, 0.1) is 5.92 Å². The Morgan fingerprint density at radius 2 is 1.65 bits per heavy atom. The number of carbonyl (C=O) groups excluding carboxylic acids is 1. The van der Waals surface area contributed by atoms with Crippen LogP contribution in [0.4, 0.5) is 10.5 Å². The summed E-state index contributed by atoms with van der Waals surface area (Å²) in [7, 11) is 0. The average molecular weight is 320 g/mol. The molecule has 0 radical (unpaired) electrons. The fourth-order valence-electron chi connectivity index (χ4n) is 2.57. The Balaban J connectivity index is 2.57. The molecule has 0 aromatic heterocycles. The van der Waals surface area contributed by atoms with Gasteiger partial charge in [0.15, 0.2) is 0 Å². The van der Waals surface area contributed by atoms with Gasteiger partial charge in [0.25, 0.3) is 0 Å². The molecule has 0 heterocycles. The lowest BCUT2D eigenvalue weighted by Gasteiger charge is -2.22. The maximum absolute atomic E-state index is 11.7. The zero-order valence-electron chi connectivity index (χ0n) is 15.6. The number of benzene rings is 1. The molecular weight excluding hydrogens is 288 g/mol. The molecule has 130 valence electrons. The van der Waals surface area contributed by atoms with Crippen LogP contribution in [0.5, 0.6) is 0 Å². The van der Waals surface area contributed by atoms with Crippen molar-refractivity contribution < 1.29 is 9.53 Å². The summed E-state index contributed by atoms with van der Waals surface area (Å²) in [5, 5.41) is 6.36. The molecule has 0 aliphatic rings. The van der Waals surface area contributed by atoms with E-state index < -0.39 is 11.7 Å². The quantitative estimate of drug-likeness (QED) is 0.765. The zero-order valence-corrected chi connectivity index (χ0v) is 15.6. The van der Waals surface area contributed by atoms with Crippen LogP contribution in [-0.2, 0) is 4.74 Å². The molecule has 4 nitrogen and oxygen atoms in total. The second-order valence-electron chi connectivity index (χ2n) is 7.67. The van der Waals surface area contributed by atoms with E-state index in [0.29, 0.717) is 12.0 Å². The van der Waals surface area contributed by atoms with Crippen LogP contribution in [0.1, 0.15) is 66.5 Å². The van der Waals surface area contributed by atoms with Crippen molar-refractivity contribution in [2.45, 2.75) is 72.6 Å². The molecule has 0 fully saturated rings. The molecule has 0 spiro atoms. The third-order valence-electron chi connectivity index (χ3n) is 3.42. The summed E-state index contributed by atoms with van der Waals surface area (Å²) in [5.74, 6) is 0.685. The maximum atomic E-state index is 11.7. The SMILES string of the molecule is CC(C)CC(C)NC(C)c1ccc(NC(=O)OC(C)(C)C)cc1. The van der Waals surface area contributed by atoms with Gasteiger partial charge in [0.05, 0.1) is 0 Å². The predicted molar refractivity (Wildman–Crippen MR) is 96.8 cm³/mol. The predicted octanol–water partition coefficient (Wildman–Crippen LogP) is 5.12. The normalized spacial score (nSPS) is 14.4. The van der Waals surface area contributed by atoms with Gasteiger partial charge in [0.2, 0.25) is 0 Å². The molecule has 1 rings (SSSR count). The number of carbonyl (C=O) groups is 1. The molecule has 2 N–H and O–H groups in total. The highest BCUT2D eigenvalue weighted by atomic mass is 16.6. The lowest BCUT2D eigenvalue weighted by molar-refractivity contribution is 0.0636. The lowest BCUT2D eigenvalue weighted by atomic mass is 10.0. The van der Waals surface area contributed by atoms with E-state index in [2.05, 4.69) is 38.3 Å². The van der Waals surface area contributed by atoms with Crippen molar-refractivity contribution in [2.24, 2.45) is 5.92 Å². The van der Waals surface area contributed by atoms with Gasteiger partial charge in [0.1, 0.15) is 5.60 Å². The number of rotatable bonds is 6. The summed E-state index contributed by atoms with van der Waals surface area (Å²) < 4.78 is 5.25. The van der Waals surface area contributed by atoms with Crippen molar-refractivity contribution in [2.75, 3.05) is 5.32 Å². The van der Waals surface area contributed by atoms with Crippen molar-refractivity contribution >= 4 is 11.8 Å². The standard InChI is InChI=1S/C19H32N2O2/c1-13(2)12-14(3)20-15(4)16-8-10-17(11-9-16)21-18(22)23-19(5,6)7/h8-11,13-15,20H,12H2,1-7H3,(H,21,22). The number of ether oxygens (including phenoxy) is 1.